The summed E-state index contributed by atoms with van der Waals surface area (Å²) in [4.78, 5) is 17.4. The van der Waals surface area contributed by atoms with E-state index < -0.39 is 0 Å². The van der Waals surface area contributed by atoms with Crippen LogP contribution in [0.15, 0.2) is 11.0 Å². The fourth-order valence-electron chi connectivity index (χ4n) is 0.873. The summed E-state index contributed by atoms with van der Waals surface area (Å²) in [5, 5.41) is 2.95. The lowest BCUT2D eigenvalue weighted by molar-refractivity contribution is 0.781. The normalized spacial score (nSPS) is 10.1. The van der Waals surface area contributed by atoms with Gasteiger partial charge in [0, 0.05) is 11.8 Å². The van der Waals surface area contributed by atoms with E-state index in [1.807, 2.05) is 7.05 Å². The van der Waals surface area contributed by atoms with E-state index in [-0.39, 0.29) is 11.5 Å². The van der Waals surface area contributed by atoms with E-state index in [1.165, 1.54) is 6.20 Å². The minimum atomic E-state index is -0.155. The molecule has 0 saturated heterocycles. The van der Waals surface area contributed by atoms with Crippen molar-refractivity contribution in [1.29, 1.82) is 0 Å². The van der Waals surface area contributed by atoms with Crippen LogP contribution in [-0.4, -0.2) is 23.6 Å². The number of nitrogens with one attached hydrogen (secondary N) is 2. The Hall–Kier alpha value is -1.36. The summed E-state index contributed by atoms with van der Waals surface area (Å²) in [6.07, 6.45) is 2.17. The first kappa shape index (κ1) is 8.73. The maximum Gasteiger partial charge on any atom is 0.255 e. The summed E-state index contributed by atoms with van der Waals surface area (Å²) >= 11 is 0. The molecule has 0 bridgehead atoms. The molecule has 66 valence electrons. The molecule has 1 rings (SSSR count). The smallest absolute Gasteiger partial charge is 0.255 e. The fraction of sp³-hybridized carbons (Fsp3) is 0.429. The van der Waals surface area contributed by atoms with Crippen LogP contribution in [-0.2, 0) is 6.42 Å². The maximum absolute atomic E-state index is 11.1. The molecular weight excluding hydrogens is 156 g/mol. The van der Waals surface area contributed by atoms with Gasteiger partial charge in [0.05, 0.1) is 0 Å². The Labute approximate surface area is 70.0 Å². The van der Waals surface area contributed by atoms with Crippen molar-refractivity contribution in [2.75, 3.05) is 19.3 Å². The molecule has 0 aliphatic rings. The number of likely N-dealkylation sites (N-methyl/N-ethyl adjacent to an activating group) is 1. The van der Waals surface area contributed by atoms with Gasteiger partial charge in [0.15, 0.2) is 5.95 Å². The van der Waals surface area contributed by atoms with Gasteiger partial charge < -0.3 is 11.1 Å². The van der Waals surface area contributed by atoms with E-state index in [0.717, 1.165) is 6.54 Å². The lowest BCUT2D eigenvalue weighted by Gasteiger charge is -1.98. The van der Waals surface area contributed by atoms with Crippen molar-refractivity contribution in [1.82, 2.24) is 15.3 Å². The zero-order valence-electron chi connectivity index (χ0n) is 6.92. The summed E-state index contributed by atoms with van der Waals surface area (Å²) in [7, 11) is 1.83. The standard InChI is InChI=1S/C7H12N4O/c1-9-3-2-5-4-10-7(8)11-6(5)12/h4,9H,2-3H2,1H3,(H3,8,10,11,12). The van der Waals surface area contributed by atoms with Gasteiger partial charge in [-0.05, 0) is 20.0 Å². The van der Waals surface area contributed by atoms with E-state index in [9.17, 15) is 4.79 Å². The van der Waals surface area contributed by atoms with Crippen LogP contribution in [0.25, 0.3) is 0 Å². The molecule has 0 aromatic carbocycles. The van der Waals surface area contributed by atoms with E-state index in [4.69, 9.17) is 5.73 Å². The van der Waals surface area contributed by atoms with Gasteiger partial charge in [-0.1, -0.05) is 0 Å². The monoisotopic (exact) mass is 168 g/mol. The molecule has 5 heteroatoms. The third kappa shape index (κ3) is 2.06. The Bertz CT molecular complexity index is 307. The van der Waals surface area contributed by atoms with Crippen LogP contribution >= 0.6 is 0 Å². The predicted molar refractivity (Wildman–Crippen MR) is 46.9 cm³/mol. The number of hydrogen-bond donors (Lipinski definition) is 3. The Morgan fingerprint density at radius 2 is 2.50 bits per heavy atom. The first-order valence-electron chi connectivity index (χ1n) is 3.72. The molecule has 0 atom stereocenters. The second kappa shape index (κ2) is 3.87. The van der Waals surface area contributed by atoms with Gasteiger partial charge in [0.25, 0.3) is 5.56 Å². The lowest BCUT2D eigenvalue weighted by Crippen LogP contribution is -2.20. The quantitative estimate of drug-likeness (QED) is 0.547. The van der Waals surface area contributed by atoms with Crippen LogP contribution in [0.2, 0.25) is 0 Å². The number of rotatable bonds is 3. The highest BCUT2D eigenvalue weighted by atomic mass is 16.1. The van der Waals surface area contributed by atoms with Crippen LogP contribution in [0.1, 0.15) is 5.56 Å². The Balaban J connectivity index is 2.80. The SMILES string of the molecule is CNCCc1cnc(N)[nH]c1=O. The molecule has 0 saturated carbocycles. The molecule has 4 N–H and O–H groups in total. The molecule has 0 radical (unpaired) electrons. The zero-order valence-corrected chi connectivity index (χ0v) is 6.92. The second-order valence-corrected chi connectivity index (χ2v) is 2.48. The number of nitrogen functional groups attached to an aromatic ring is 1. The summed E-state index contributed by atoms with van der Waals surface area (Å²) in [6, 6.07) is 0. The fourth-order valence-corrected chi connectivity index (χ4v) is 0.873. The minimum Gasteiger partial charge on any atom is -0.369 e. The van der Waals surface area contributed by atoms with E-state index in [0.29, 0.717) is 12.0 Å². The number of nitrogens with zero attached hydrogens (tertiary/aromatic N) is 1. The molecule has 1 aromatic rings. The highest BCUT2D eigenvalue weighted by Gasteiger charge is 1.98. The van der Waals surface area contributed by atoms with Crippen LogP contribution in [0, 0.1) is 0 Å². The van der Waals surface area contributed by atoms with Gasteiger partial charge in [-0.2, -0.15) is 0 Å². The molecule has 12 heavy (non-hydrogen) atoms. The molecule has 0 fully saturated rings. The zero-order chi connectivity index (χ0) is 8.97. The lowest BCUT2D eigenvalue weighted by atomic mass is 10.2. The van der Waals surface area contributed by atoms with Gasteiger partial charge in [0.2, 0.25) is 0 Å². The van der Waals surface area contributed by atoms with Crippen molar-refractivity contribution < 1.29 is 0 Å². The van der Waals surface area contributed by atoms with E-state index in [1.54, 1.807) is 0 Å². The molecule has 0 aliphatic heterocycles. The average molecular weight is 168 g/mol. The number of aromatic nitrogens is 2. The molecule has 1 heterocycles. The third-order valence-electron chi connectivity index (χ3n) is 1.54. The topological polar surface area (TPSA) is 83.8 Å². The van der Waals surface area contributed by atoms with Gasteiger partial charge in [-0.3, -0.25) is 9.78 Å². The summed E-state index contributed by atoms with van der Waals surface area (Å²) < 4.78 is 0. The highest BCUT2D eigenvalue weighted by molar-refractivity contribution is 5.17. The van der Waals surface area contributed by atoms with Crippen LogP contribution in [0.5, 0.6) is 0 Å². The van der Waals surface area contributed by atoms with Crippen molar-refractivity contribution >= 4 is 5.95 Å². The number of nitrogens with two attached hydrogens (primary N) is 1. The third-order valence-corrected chi connectivity index (χ3v) is 1.54. The first-order chi connectivity index (χ1) is 5.74. The molecule has 5 nitrogen and oxygen atoms in total. The largest absolute Gasteiger partial charge is 0.369 e. The van der Waals surface area contributed by atoms with Gasteiger partial charge in [-0.15, -0.1) is 0 Å². The number of aromatic amines is 1. The van der Waals surface area contributed by atoms with Gasteiger partial charge in [0.1, 0.15) is 0 Å². The Morgan fingerprint density at radius 1 is 1.75 bits per heavy atom. The molecule has 0 amide bonds. The van der Waals surface area contributed by atoms with Crippen molar-refractivity contribution in [3.05, 3.63) is 22.1 Å². The maximum atomic E-state index is 11.1. The van der Waals surface area contributed by atoms with Crippen LogP contribution in [0.3, 0.4) is 0 Å². The molecule has 0 unspecified atom stereocenters. The minimum absolute atomic E-state index is 0.155. The van der Waals surface area contributed by atoms with Crippen molar-refractivity contribution in [3.63, 3.8) is 0 Å². The first-order valence-corrected chi connectivity index (χ1v) is 3.72. The van der Waals surface area contributed by atoms with Gasteiger partial charge >= 0.3 is 0 Å². The molecule has 0 aliphatic carbocycles. The molecule has 1 aromatic heterocycles. The highest BCUT2D eigenvalue weighted by Crippen LogP contribution is 1.90. The average Bonchev–Trinajstić information content (AvgIpc) is 2.03. The molecular formula is C7H12N4O. The second-order valence-electron chi connectivity index (χ2n) is 2.48. The summed E-state index contributed by atoms with van der Waals surface area (Å²) in [5.41, 5.74) is 5.77. The Morgan fingerprint density at radius 3 is 3.08 bits per heavy atom. The number of anilines is 1. The number of hydrogen-bond acceptors (Lipinski definition) is 4. The van der Waals surface area contributed by atoms with E-state index >= 15 is 0 Å². The summed E-state index contributed by atoms with van der Waals surface area (Å²) in [5.74, 6) is 0.160. The number of H-pyrrole nitrogens is 1. The molecule has 0 spiro atoms. The van der Waals surface area contributed by atoms with Crippen molar-refractivity contribution in [2.24, 2.45) is 0 Å². The van der Waals surface area contributed by atoms with E-state index in [2.05, 4.69) is 15.3 Å². The van der Waals surface area contributed by atoms with Crippen molar-refractivity contribution in [2.45, 2.75) is 6.42 Å². The van der Waals surface area contributed by atoms with Crippen LogP contribution < -0.4 is 16.6 Å². The van der Waals surface area contributed by atoms with Crippen molar-refractivity contribution in [3.8, 4) is 0 Å². The predicted octanol–water partition coefficient (Wildman–Crippen LogP) is -0.886. The van der Waals surface area contributed by atoms with Gasteiger partial charge in [-0.25, -0.2) is 4.98 Å². The van der Waals surface area contributed by atoms with Crippen LogP contribution in [0.4, 0.5) is 5.95 Å². The Kier molecular flexibility index (Phi) is 2.82. The summed E-state index contributed by atoms with van der Waals surface area (Å²) in [6.45, 7) is 0.759.